The van der Waals surface area contributed by atoms with E-state index in [1.807, 2.05) is 24.3 Å². The normalized spacial score (nSPS) is 14.1. The van der Waals surface area contributed by atoms with Crippen molar-refractivity contribution in [2.45, 2.75) is 25.3 Å². The number of aromatic nitrogens is 3. The molecule has 0 amide bonds. The fourth-order valence-electron chi connectivity index (χ4n) is 5.03. The van der Waals surface area contributed by atoms with Gasteiger partial charge in [-0.1, -0.05) is 15.9 Å². The third-order valence-electron chi connectivity index (χ3n) is 6.90. The quantitative estimate of drug-likeness (QED) is 0.260. The van der Waals surface area contributed by atoms with Crippen LogP contribution in [0.2, 0.25) is 0 Å². The molecule has 186 valence electrons. The molecule has 37 heavy (non-hydrogen) atoms. The number of terminal acetylenes is 1. The highest BCUT2D eigenvalue weighted by Gasteiger charge is 2.26. The van der Waals surface area contributed by atoms with E-state index >= 15 is 0 Å². The van der Waals surface area contributed by atoms with Gasteiger partial charge < -0.3 is 18.5 Å². The van der Waals surface area contributed by atoms with Crippen LogP contribution in [-0.4, -0.2) is 30.1 Å². The molecule has 1 fully saturated rings. The van der Waals surface area contributed by atoms with Gasteiger partial charge in [-0.15, -0.1) is 6.42 Å². The number of benzene rings is 2. The van der Waals surface area contributed by atoms with Gasteiger partial charge >= 0.3 is 10.5 Å². The zero-order chi connectivity index (χ0) is 25.9. The van der Waals surface area contributed by atoms with Crippen molar-refractivity contribution in [2.24, 2.45) is 0 Å². The van der Waals surface area contributed by atoms with Crippen LogP contribution in [0.25, 0.3) is 44.0 Å². The van der Waals surface area contributed by atoms with Gasteiger partial charge in [-0.25, -0.2) is 0 Å². The third kappa shape index (κ3) is 3.79. The van der Waals surface area contributed by atoms with Crippen molar-refractivity contribution >= 4 is 43.3 Å². The average Bonchev–Trinajstić information content (AvgIpc) is 3.22. The molecule has 3 aromatic heterocycles. The number of hydrogen-bond donors (Lipinski definition) is 1. The maximum absolute atomic E-state index is 13.9. The second kappa shape index (κ2) is 8.35. The Morgan fingerprint density at radius 1 is 1.16 bits per heavy atom. The first-order chi connectivity index (χ1) is 17.8. The molecule has 6 rings (SSSR count). The summed E-state index contributed by atoms with van der Waals surface area (Å²) < 4.78 is 47.2. The van der Waals surface area contributed by atoms with Crippen molar-refractivity contribution in [3.05, 3.63) is 64.6 Å². The van der Waals surface area contributed by atoms with E-state index in [0.29, 0.717) is 44.4 Å². The molecule has 0 unspecified atom stereocenters. The Labute approximate surface area is 211 Å². The van der Waals surface area contributed by atoms with Crippen molar-refractivity contribution in [1.29, 1.82) is 0 Å². The number of methoxy groups -OCH3 is 1. The van der Waals surface area contributed by atoms with Crippen LogP contribution in [0, 0.1) is 12.3 Å². The molecule has 1 N–H and O–H groups in total. The minimum absolute atomic E-state index is 0.149. The fraction of sp³-hybridized carbons (Fsp3) is 0.185. The van der Waals surface area contributed by atoms with E-state index in [9.17, 15) is 17.1 Å². The summed E-state index contributed by atoms with van der Waals surface area (Å²) in [6.45, 7) is 0. The molecular formula is C27H20FN3O5S. The Morgan fingerprint density at radius 2 is 1.97 bits per heavy atom. The molecular weight excluding hydrogens is 497 g/mol. The second-order valence-electron chi connectivity index (χ2n) is 8.99. The van der Waals surface area contributed by atoms with Crippen molar-refractivity contribution in [1.82, 2.24) is 14.5 Å². The molecule has 5 aromatic rings. The van der Waals surface area contributed by atoms with Gasteiger partial charge in [-0.3, -0.25) is 9.78 Å². The van der Waals surface area contributed by atoms with E-state index in [-0.39, 0.29) is 17.2 Å². The van der Waals surface area contributed by atoms with Gasteiger partial charge in [-0.2, -0.15) is 8.42 Å². The lowest BCUT2D eigenvalue weighted by Gasteiger charge is -2.31. The topological polar surface area (TPSA) is 103 Å². The number of fused-ring (bicyclic) bond motifs is 4. The third-order valence-corrected chi connectivity index (χ3v) is 7.29. The number of halogens is 1. The summed E-state index contributed by atoms with van der Waals surface area (Å²) in [5.74, 6) is 2.72. The van der Waals surface area contributed by atoms with Crippen LogP contribution in [0.5, 0.6) is 11.5 Å². The molecule has 0 saturated heterocycles. The smallest absolute Gasteiger partial charge is 0.488 e. The van der Waals surface area contributed by atoms with E-state index in [1.165, 1.54) is 19.4 Å². The van der Waals surface area contributed by atoms with Crippen LogP contribution in [0.3, 0.4) is 0 Å². The van der Waals surface area contributed by atoms with E-state index in [4.69, 9.17) is 11.2 Å². The summed E-state index contributed by atoms with van der Waals surface area (Å²) in [5, 5.41) is 1.85. The predicted molar refractivity (Wildman–Crippen MR) is 139 cm³/mol. The maximum Gasteiger partial charge on any atom is 0.488 e. The first-order valence-electron chi connectivity index (χ1n) is 11.5. The molecule has 1 saturated carbocycles. The molecule has 10 heteroatoms. The van der Waals surface area contributed by atoms with Gasteiger partial charge in [0.15, 0.2) is 11.2 Å². The lowest BCUT2D eigenvalue weighted by Crippen LogP contribution is -2.21. The van der Waals surface area contributed by atoms with E-state index < -0.39 is 10.5 Å². The predicted octanol–water partition coefficient (Wildman–Crippen LogP) is 5.01. The highest BCUT2D eigenvalue weighted by atomic mass is 32.3. The average molecular weight is 518 g/mol. The van der Waals surface area contributed by atoms with Gasteiger partial charge in [0, 0.05) is 39.8 Å². The van der Waals surface area contributed by atoms with Crippen LogP contribution in [0.15, 0.2) is 53.6 Å². The number of rotatable bonds is 5. The fourth-order valence-corrected chi connectivity index (χ4v) is 5.35. The van der Waals surface area contributed by atoms with Crippen molar-refractivity contribution < 1.29 is 21.2 Å². The van der Waals surface area contributed by atoms with Crippen LogP contribution in [0.4, 0.5) is 3.89 Å². The molecule has 0 aliphatic heterocycles. The largest absolute Gasteiger partial charge is 0.496 e. The Hall–Kier alpha value is -4.36. The molecule has 1 aliphatic carbocycles. The van der Waals surface area contributed by atoms with Gasteiger partial charge in [0.1, 0.15) is 11.4 Å². The van der Waals surface area contributed by atoms with E-state index in [0.717, 1.165) is 36.4 Å². The molecule has 0 bridgehead atoms. The Morgan fingerprint density at radius 3 is 2.65 bits per heavy atom. The summed E-state index contributed by atoms with van der Waals surface area (Å²) in [7, 11) is -3.75. The number of nitrogens with zero attached hydrogens (tertiary/aromatic N) is 2. The lowest BCUT2D eigenvalue weighted by atomic mass is 9.91. The maximum atomic E-state index is 13.9. The summed E-state index contributed by atoms with van der Waals surface area (Å²) in [6.07, 6.45) is 11.2. The number of H-pyrrole nitrogens is 1. The summed E-state index contributed by atoms with van der Waals surface area (Å²) in [5.41, 5.74) is 3.71. The Bertz CT molecular complexity index is 1950. The Kier molecular flexibility index (Phi) is 5.21. The molecule has 0 radical (unpaired) electrons. The second-order valence-corrected chi connectivity index (χ2v) is 9.95. The minimum atomic E-state index is -5.22. The first-order valence-corrected chi connectivity index (χ1v) is 12.9. The summed E-state index contributed by atoms with van der Waals surface area (Å²) in [4.78, 5) is 21.3. The Balaban J connectivity index is 1.68. The van der Waals surface area contributed by atoms with Gasteiger partial charge in [0.25, 0.3) is 0 Å². The van der Waals surface area contributed by atoms with Crippen molar-refractivity contribution in [3.63, 3.8) is 0 Å². The number of nitrogens with one attached hydrogen (secondary N) is 1. The van der Waals surface area contributed by atoms with E-state index in [1.54, 1.807) is 6.07 Å². The molecule has 8 nitrogen and oxygen atoms in total. The molecule has 0 atom stereocenters. The number of aromatic amines is 1. The van der Waals surface area contributed by atoms with Crippen LogP contribution >= 0.6 is 0 Å². The zero-order valence-electron chi connectivity index (χ0n) is 19.6. The van der Waals surface area contributed by atoms with Gasteiger partial charge in [0.05, 0.1) is 29.6 Å². The van der Waals surface area contributed by atoms with Crippen LogP contribution in [0.1, 0.15) is 30.9 Å². The number of pyridine rings is 2. The van der Waals surface area contributed by atoms with Crippen LogP contribution < -0.4 is 14.3 Å². The van der Waals surface area contributed by atoms with Crippen molar-refractivity contribution in [3.8, 4) is 35.0 Å². The minimum Gasteiger partial charge on any atom is -0.496 e. The van der Waals surface area contributed by atoms with E-state index in [2.05, 4.69) is 24.6 Å². The van der Waals surface area contributed by atoms with Gasteiger partial charge in [-0.05, 0) is 49.6 Å². The highest BCUT2D eigenvalue weighted by Crippen LogP contribution is 2.41. The standard InChI is InChI=1S/C27H20FN3O5S/c1-3-15-7-8-19-22(9-15)30-27-25(19)26(32)21-12-24(35-2)20(11-23(21)31(27)17-5-4-6-17)16-10-18(14-29-13-16)36-37(28,33)34/h1,7-14,17,30H,4-6H2,2H3. The molecule has 1 aliphatic rings. The SMILES string of the molecule is C#Cc1ccc2c(c1)[nH]c1c2c(=O)c2cc(OC)c(-c3cncc(OS(=O)(=O)F)c3)cc2n1C1CCC1. The summed E-state index contributed by atoms with van der Waals surface area (Å²) >= 11 is 0. The van der Waals surface area contributed by atoms with Crippen LogP contribution in [-0.2, 0) is 10.5 Å². The molecule has 0 spiro atoms. The monoisotopic (exact) mass is 517 g/mol. The first kappa shape index (κ1) is 23.1. The van der Waals surface area contributed by atoms with Crippen molar-refractivity contribution in [2.75, 3.05) is 7.11 Å². The number of hydrogen-bond acceptors (Lipinski definition) is 6. The molecule has 2 aromatic carbocycles. The zero-order valence-corrected chi connectivity index (χ0v) is 20.4. The molecule has 3 heterocycles. The number of ether oxygens (including phenoxy) is 1. The van der Waals surface area contributed by atoms with Gasteiger partial charge in [0.2, 0.25) is 0 Å². The highest BCUT2D eigenvalue weighted by molar-refractivity contribution is 7.81. The summed E-state index contributed by atoms with van der Waals surface area (Å²) in [6, 6.07) is 10.6. The lowest BCUT2D eigenvalue weighted by molar-refractivity contribution is 0.327.